The zero-order chi connectivity index (χ0) is 14.8. The number of hydrogen-bond acceptors (Lipinski definition) is 4. The van der Waals surface area contributed by atoms with Crippen LogP contribution >= 0.6 is 0 Å². The molecule has 21 heavy (non-hydrogen) atoms. The number of carbonyl (C=O) groups excluding carboxylic acids is 2. The Bertz CT molecular complexity index is 694. The lowest BCUT2D eigenvalue weighted by atomic mass is 10.2. The molecule has 0 radical (unpaired) electrons. The van der Waals surface area contributed by atoms with Crippen molar-refractivity contribution >= 4 is 17.5 Å². The van der Waals surface area contributed by atoms with Crippen LogP contribution in [-0.2, 0) is 4.79 Å². The molecule has 1 saturated heterocycles. The van der Waals surface area contributed by atoms with Crippen molar-refractivity contribution in [3.8, 4) is 5.69 Å². The fourth-order valence-corrected chi connectivity index (χ4v) is 2.24. The number of nitrogens with two attached hydrogens (primary N) is 1. The first-order valence-corrected chi connectivity index (χ1v) is 6.61. The molecule has 1 aliphatic heterocycles. The molecule has 0 bridgehead atoms. The van der Waals surface area contributed by atoms with Gasteiger partial charge in [-0.25, -0.2) is 4.68 Å². The lowest BCUT2D eigenvalue weighted by Crippen LogP contribution is -2.36. The number of amides is 2. The third-order valence-corrected chi connectivity index (χ3v) is 3.32. The number of nitrogens with zero attached hydrogens (tertiary/aromatic N) is 2. The van der Waals surface area contributed by atoms with E-state index in [4.69, 9.17) is 5.73 Å². The summed E-state index contributed by atoms with van der Waals surface area (Å²) in [4.78, 5) is 23.2. The smallest absolute Gasteiger partial charge is 0.272 e. The van der Waals surface area contributed by atoms with Gasteiger partial charge >= 0.3 is 0 Å². The molecule has 2 aromatic rings. The first kappa shape index (κ1) is 13.2. The summed E-state index contributed by atoms with van der Waals surface area (Å²) >= 11 is 0. The molecule has 1 atom stereocenters. The third kappa shape index (κ3) is 2.71. The molecule has 3 rings (SSSR count). The van der Waals surface area contributed by atoms with Gasteiger partial charge in [-0.15, -0.1) is 0 Å². The highest BCUT2D eigenvalue weighted by Crippen LogP contribution is 2.15. The zero-order valence-electron chi connectivity index (χ0n) is 11.2. The Balaban J connectivity index is 1.74. The van der Waals surface area contributed by atoms with Gasteiger partial charge in [-0.1, -0.05) is 12.1 Å². The molecule has 1 aliphatic rings. The predicted octanol–water partition coefficient (Wildman–Crippen LogP) is 0.0728. The Labute approximate surface area is 121 Å². The monoisotopic (exact) mass is 285 g/mol. The number of carbonyl (C=O) groups is 2. The number of hydrogen-bond donors (Lipinski definition) is 3. The maximum atomic E-state index is 12.1. The number of aromatic nitrogens is 2. The van der Waals surface area contributed by atoms with Crippen molar-refractivity contribution in [2.75, 3.05) is 12.3 Å². The van der Waals surface area contributed by atoms with Crippen molar-refractivity contribution in [3.63, 3.8) is 0 Å². The molecule has 2 heterocycles. The number of nitrogen functional groups attached to an aromatic ring is 1. The lowest BCUT2D eigenvalue weighted by Gasteiger charge is -2.08. The second kappa shape index (κ2) is 5.28. The van der Waals surface area contributed by atoms with Gasteiger partial charge in [0.15, 0.2) is 5.69 Å². The third-order valence-electron chi connectivity index (χ3n) is 3.32. The summed E-state index contributed by atoms with van der Waals surface area (Å²) in [6.45, 7) is 0.455. The topological polar surface area (TPSA) is 102 Å². The van der Waals surface area contributed by atoms with Gasteiger partial charge in [-0.3, -0.25) is 9.59 Å². The van der Waals surface area contributed by atoms with E-state index in [0.29, 0.717) is 24.3 Å². The van der Waals surface area contributed by atoms with E-state index < -0.39 is 0 Å². The Kier molecular flexibility index (Phi) is 3.31. The van der Waals surface area contributed by atoms with Gasteiger partial charge in [0.1, 0.15) is 0 Å². The van der Waals surface area contributed by atoms with Crippen LogP contribution in [-0.4, -0.2) is 34.2 Å². The van der Waals surface area contributed by atoms with E-state index in [1.54, 1.807) is 23.0 Å². The van der Waals surface area contributed by atoms with Gasteiger partial charge in [0.2, 0.25) is 5.91 Å². The quantitative estimate of drug-likeness (QED) is 0.695. The van der Waals surface area contributed by atoms with Crippen molar-refractivity contribution in [2.45, 2.75) is 12.5 Å². The summed E-state index contributed by atoms with van der Waals surface area (Å²) in [5.41, 5.74) is 7.47. The minimum absolute atomic E-state index is 0.0529. The maximum absolute atomic E-state index is 12.1. The summed E-state index contributed by atoms with van der Waals surface area (Å²) in [5.74, 6) is -0.354. The molecule has 4 N–H and O–H groups in total. The average Bonchev–Trinajstić information content (AvgIpc) is 3.09. The molecule has 0 aliphatic carbocycles. The number of nitrogens with one attached hydrogen (secondary N) is 2. The SMILES string of the molecule is Nc1ccccc1-n1ccc(C(=O)NC2CNC(=O)C2)n1. The van der Waals surface area contributed by atoms with Crippen LogP contribution in [0.3, 0.4) is 0 Å². The molecular formula is C14H15N5O2. The Morgan fingerprint density at radius 1 is 1.38 bits per heavy atom. The number of benzene rings is 1. The summed E-state index contributed by atoms with van der Waals surface area (Å²) in [7, 11) is 0. The van der Waals surface area contributed by atoms with Gasteiger partial charge in [-0.05, 0) is 18.2 Å². The van der Waals surface area contributed by atoms with Crippen LogP contribution < -0.4 is 16.4 Å². The number of rotatable bonds is 3. The summed E-state index contributed by atoms with van der Waals surface area (Å²) in [6, 6.07) is 8.71. The first-order valence-electron chi connectivity index (χ1n) is 6.61. The molecule has 7 nitrogen and oxygen atoms in total. The second-order valence-corrected chi connectivity index (χ2v) is 4.88. The second-order valence-electron chi connectivity index (χ2n) is 4.88. The summed E-state index contributed by atoms with van der Waals surface area (Å²) in [6.07, 6.45) is 1.98. The largest absolute Gasteiger partial charge is 0.397 e. The molecule has 1 unspecified atom stereocenters. The minimum atomic E-state index is -0.301. The lowest BCUT2D eigenvalue weighted by molar-refractivity contribution is -0.119. The van der Waals surface area contributed by atoms with E-state index in [-0.39, 0.29) is 23.6 Å². The molecule has 1 fully saturated rings. The van der Waals surface area contributed by atoms with Crippen molar-refractivity contribution < 1.29 is 9.59 Å². The van der Waals surface area contributed by atoms with Gasteiger partial charge in [0.05, 0.1) is 17.4 Å². The van der Waals surface area contributed by atoms with Crippen LogP contribution in [0.2, 0.25) is 0 Å². The number of para-hydroxylation sites is 2. The fourth-order valence-electron chi connectivity index (χ4n) is 2.24. The molecule has 108 valence electrons. The standard InChI is InChI=1S/C14H15N5O2/c15-10-3-1-2-4-12(10)19-6-5-11(18-19)14(21)17-9-7-13(20)16-8-9/h1-6,9H,7-8,15H2,(H,16,20)(H,17,21). The Hall–Kier alpha value is -2.83. The summed E-state index contributed by atoms with van der Waals surface area (Å²) in [5, 5.41) is 9.67. The normalized spacial score (nSPS) is 17.5. The molecule has 2 amide bonds. The van der Waals surface area contributed by atoms with Crippen LogP contribution in [0.5, 0.6) is 0 Å². The molecular weight excluding hydrogens is 270 g/mol. The van der Waals surface area contributed by atoms with Crippen molar-refractivity contribution in [1.82, 2.24) is 20.4 Å². The van der Waals surface area contributed by atoms with Crippen molar-refractivity contribution in [3.05, 3.63) is 42.2 Å². The van der Waals surface area contributed by atoms with E-state index in [9.17, 15) is 9.59 Å². The van der Waals surface area contributed by atoms with Crippen molar-refractivity contribution in [1.29, 1.82) is 0 Å². The van der Waals surface area contributed by atoms with E-state index in [1.165, 1.54) is 0 Å². The molecule has 0 spiro atoms. The van der Waals surface area contributed by atoms with Crippen LogP contribution in [0.15, 0.2) is 36.5 Å². The van der Waals surface area contributed by atoms with E-state index in [1.807, 2.05) is 18.2 Å². The molecule has 0 saturated carbocycles. The highest BCUT2D eigenvalue weighted by Gasteiger charge is 2.24. The van der Waals surface area contributed by atoms with E-state index in [0.717, 1.165) is 0 Å². The van der Waals surface area contributed by atoms with Crippen LogP contribution in [0.1, 0.15) is 16.9 Å². The molecule has 7 heteroatoms. The number of anilines is 1. The first-order chi connectivity index (χ1) is 10.1. The zero-order valence-corrected chi connectivity index (χ0v) is 11.2. The molecule has 1 aromatic heterocycles. The van der Waals surface area contributed by atoms with E-state index >= 15 is 0 Å². The van der Waals surface area contributed by atoms with Gasteiger partial charge in [0, 0.05) is 19.2 Å². The highest BCUT2D eigenvalue weighted by molar-refractivity contribution is 5.93. The van der Waals surface area contributed by atoms with Gasteiger partial charge in [0.25, 0.3) is 5.91 Å². The Morgan fingerprint density at radius 3 is 2.90 bits per heavy atom. The predicted molar refractivity (Wildman–Crippen MR) is 76.9 cm³/mol. The minimum Gasteiger partial charge on any atom is -0.397 e. The van der Waals surface area contributed by atoms with Gasteiger partial charge in [-0.2, -0.15) is 5.10 Å². The molecule has 1 aromatic carbocycles. The van der Waals surface area contributed by atoms with Gasteiger partial charge < -0.3 is 16.4 Å². The van der Waals surface area contributed by atoms with E-state index in [2.05, 4.69) is 15.7 Å². The average molecular weight is 285 g/mol. The van der Waals surface area contributed by atoms with Crippen molar-refractivity contribution in [2.24, 2.45) is 0 Å². The van der Waals surface area contributed by atoms with Crippen LogP contribution in [0.25, 0.3) is 5.69 Å². The fraction of sp³-hybridized carbons (Fsp3) is 0.214. The highest BCUT2D eigenvalue weighted by atomic mass is 16.2. The Morgan fingerprint density at radius 2 is 2.19 bits per heavy atom. The summed E-state index contributed by atoms with van der Waals surface area (Å²) < 4.78 is 1.56. The maximum Gasteiger partial charge on any atom is 0.272 e. The van der Waals surface area contributed by atoms with Crippen LogP contribution in [0, 0.1) is 0 Å². The van der Waals surface area contributed by atoms with Crippen LogP contribution in [0.4, 0.5) is 5.69 Å².